The summed E-state index contributed by atoms with van der Waals surface area (Å²) >= 11 is 0. The van der Waals surface area contributed by atoms with Crippen LogP contribution in [0.15, 0.2) is 48.5 Å². The molecule has 0 unspecified atom stereocenters. The quantitative estimate of drug-likeness (QED) is 0.825. The zero-order valence-corrected chi connectivity index (χ0v) is 11.6. The summed E-state index contributed by atoms with van der Waals surface area (Å²) in [6.07, 6.45) is 0. The van der Waals surface area contributed by atoms with Crippen molar-refractivity contribution >= 4 is 17.6 Å². The Kier molecular flexibility index (Phi) is 4.56. The van der Waals surface area contributed by atoms with Gasteiger partial charge in [-0.3, -0.25) is 4.79 Å². The molecule has 0 atom stereocenters. The SMILES string of the molecule is COC(=O)c1cccc(CNc2ccccc2C(N)=O)c1. The van der Waals surface area contributed by atoms with Crippen LogP contribution in [0.1, 0.15) is 26.3 Å². The third-order valence-corrected chi connectivity index (χ3v) is 3.02. The molecule has 108 valence electrons. The van der Waals surface area contributed by atoms with Crippen LogP contribution in [0.4, 0.5) is 5.69 Å². The van der Waals surface area contributed by atoms with Crippen molar-refractivity contribution in [2.24, 2.45) is 5.73 Å². The minimum atomic E-state index is -0.485. The highest BCUT2D eigenvalue weighted by molar-refractivity contribution is 5.98. The third-order valence-electron chi connectivity index (χ3n) is 3.02. The van der Waals surface area contributed by atoms with Crippen molar-refractivity contribution in [3.8, 4) is 0 Å². The minimum Gasteiger partial charge on any atom is -0.465 e. The van der Waals surface area contributed by atoms with E-state index in [0.717, 1.165) is 5.56 Å². The molecule has 5 nitrogen and oxygen atoms in total. The number of nitrogens with one attached hydrogen (secondary N) is 1. The first-order valence-electron chi connectivity index (χ1n) is 6.42. The number of primary amides is 1. The van der Waals surface area contributed by atoms with Gasteiger partial charge in [0.25, 0.3) is 5.91 Å². The van der Waals surface area contributed by atoms with Crippen LogP contribution in [0, 0.1) is 0 Å². The fourth-order valence-corrected chi connectivity index (χ4v) is 1.98. The number of methoxy groups -OCH3 is 1. The van der Waals surface area contributed by atoms with Crippen LogP contribution >= 0.6 is 0 Å². The van der Waals surface area contributed by atoms with Crippen molar-refractivity contribution in [2.45, 2.75) is 6.54 Å². The molecule has 2 aromatic carbocycles. The molecule has 3 N–H and O–H groups in total. The van der Waals surface area contributed by atoms with Gasteiger partial charge in [0, 0.05) is 12.2 Å². The molecule has 0 saturated heterocycles. The van der Waals surface area contributed by atoms with Crippen molar-refractivity contribution in [3.05, 3.63) is 65.2 Å². The highest BCUT2D eigenvalue weighted by atomic mass is 16.5. The monoisotopic (exact) mass is 284 g/mol. The van der Waals surface area contributed by atoms with Gasteiger partial charge in [-0.15, -0.1) is 0 Å². The second kappa shape index (κ2) is 6.56. The zero-order chi connectivity index (χ0) is 15.2. The minimum absolute atomic E-state index is 0.380. The van der Waals surface area contributed by atoms with Gasteiger partial charge < -0.3 is 15.8 Å². The molecule has 0 aliphatic carbocycles. The topological polar surface area (TPSA) is 81.4 Å². The number of esters is 1. The first kappa shape index (κ1) is 14.6. The van der Waals surface area contributed by atoms with Crippen molar-refractivity contribution in [3.63, 3.8) is 0 Å². The summed E-state index contributed by atoms with van der Waals surface area (Å²) in [5.74, 6) is -0.865. The summed E-state index contributed by atoms with van der Waals surface area (Å²) in [5.41, 5.74) is 7.80. The van der Waals surface area contributed by atoms with E-state index >= 15 is 0 Å². The summed E-state index contributed by atoms with van der Waals surface area (Å²) in [7, 11) is 1.34. The van der Waals surface area contributed by atoms with Crippen molar-refractivity contribution in [2.75, 3.05) is 12.4 Å². The lowest BCUT2D eigenvalue weighted by Gasteiger charge is -2.10. The van der Waals surface area contributed by atoms with Gasteiger partial charge in [-0.1, -0.05) is 24.3 Å². The van der Waals surface area contributed by atoms with Gasteiger partial charge in [-0.05, 0) is 29.8 Å². The fraction of sp³-hybridized carbons (Fsp3) is 0.125. The molecule has 2 aromatic rings. The van der Waals surface area contributed by atoms with Gasteiger partial charge in [-0.2, -0.15) is 0 Å². The molecule has 0 radical (unpaired) electrons. The van der Waals surface area contributed by atoms with E-state index in [-0.39, 0.29) is 5.97 Å². The number of anilines is 1. The molecule has 0 fully saturated rings. The Balaban J connectivity index is 2.14. The Bertz CT molecular complexity index is 668. The molecule has 21 heavy (non-hydrogen) atoms. The number of para-hydroxylation sites is 1. The summed E-state index contributed by atoms with van der Waals surface area (Å²) in [6.45, 7) is 0.467. The number of hydrogen-bond acceptors (Lipinski definition) is 4. The maximum atomic E-state index is 11.5. The Hall–Kier alpha value is -2.82. The highest BCUT2D eigenvalue weighted by Gasteiger charge is 2.08. The first-order chi connectivity index (χ1) is 10.1. The molecule has 2 rings (SSSR count). The standard InChI is InChI=1S/C16H16N2O3/c1-21-16(20)12-6-4-5-11(9-12)10-18-14-8-3-2-7-13(14)15(17)19/h2-9,18H,10H2,1H3,(H2,17,19). The predicted octanol–water partition coefficient (Wildman–Crippen LogP) is 2.18. The fourth-order valence-electron chi connectivity index (χ4n) is 1.98. The maximum absolute atomic E-state index is 11.5. The van der Waals surface area contributed by atoms with Crippen molar-refractivity contribution in [1.82, 2.24) is 0 Å². The average Bonchev–Trinajstić information content (AvgIpc) is 2.52. The van der Waals surface area contributed by atoms with Gasteiger partial charge in [0.05, 0.1) is 18.2 Å². The molecule has 0 aliphatic rings. The smallest absolute Gasteiger partial charge is 0.337 e. The summed E-state index contributed by atoms with van der Waals surface area (Å²) < 4.78 is 4.68. The highest BCUT2D eigenvalue weighted by Crippen LogP contribution is 2.16. The lowest BCUT2D eigenvalue weighted by Crippen LogP contribution is -2.14. The number of nitrogens with two attached hydrogens (primary N) is 1. The van der Waals surface area contributed by atoms with Crippen LogP contribution in [0.2, 0.25) is 0 Å². The normalized spacial score (nSPS) is 9.95. The largest absolute Gasteiger partial charge is 0.465 e. The summed E-state index contributed by atoms with van der Waals surface area (Å²) in [6, 6.07) is 14.1. The molecular weight excluding hydrogens is 268 g/mol. The molecule has 0 aromatic heterocycles. The van der Waals surface area contributed by atoms with E-state index in [4.69, 9.17) is 5.73 Å². The van der Waals surface area contributed by atoms with Gasteiger partial charge in [-0.25, -0.2) is 4.79 Å². The van der Waals surface area contributed by atoms with E-state index in [9.17, 15) is 9.59 Å². The lowest BCUT2D eigenvalue weighted by atomic mass is 10.1. The molecule has 0 saturated carbocycles. The lowest BCUT2D eigenvalue weighted by molar-refractivity contribution is 0.0600. The van der Waals surface area contributed by atoms with Crippen molar-refractivity contribution in [1.29, 1.82) is 0 Å². The average molecular weight is 284 g/mol. The van der Waals surface area contributed by atoms with Crippen molar-refractivity contribution < 1.29 is 14.3 Å². The number of carbonyl (C=O) groups excluding carboxylic acids is 2. The second-order valence-electron chi connectivity index (χ2n) is 4.46. The van der Waals surface area contributed by atoms with E-state index in [1.165, 1.54) is 7.11 Å². The van der Waals surface area contributed by atoms with Crippen LogP contribution < -0.4 is 11.1 Å². The van der Waals surface area contributed by atoms with Crippen LogP contribution in [-0.2, 0) is 11.3 Å². The predicted molar refractivity (Wildman–Crippen MR) is 80.1 cm³/mol. The van der Waals surface area contributed by atoms with Gasteiger partial charge in [0.2, 0.25) is 0 Å². The number of benzene rings is 2. The van der Waals surface area contributed by atoms with Gasteiger partial charge in [0.15, 0.2) is 0 Å². The van der Waals surface area contributed by atoms with E-state index in [2.05, 4.69) is 10.1 Å². The second-order valence-corrected chi connectivity index (χ2v) is 4.46. The Labute approximate surface area is 122 Å². The summed E-state index contributed by atoms with van der Waals surface area (Å²) in [4.78, 5) is 22.8. The summed E-state index contributed by atoms with van der Waals surface area (Å²) in [5, 5.41) is 3.14. The molecule has 5 heteroatoms. The molecule has 0 heterocycles. The van der Waals surface area contributed by atoms with Gasteiger partial charge in [0.1, 0.15) is 0 Å². The number of amides is 1. The molecule has 0 bridgehead atoms. The van der Waals surface area contributed by atoms with E-state index in [1.54, 1.807) is 36.4 Å². The number of carbonyl (C=O) groups is 2. The number of hydrogen-bond donors (Lipinski definition) is 2. The molecule has 0 aliphatic heterocycles. The third kappa shape index (κ3) is 3.60. The Morgan fingerprint density at radius 3 is 2.62 bits per heavy atom. The van der Waals surface area contributed by atoms with E-state index in [1.807, 2.05) is 12.1 Å². The molecule has 0 spiro atoms. The Morgan fingerprint density at radius 1 is 1.14 bits per heavy atom. The first-order valence-corrected chi connectivity index (χ1v) is 6.42. The maximum Gasteiger partial charge on any atom is 0.337 e. The van der Waals surface area contributed by atoms with Crippen LogP contribution in [-0.4, -0.2) is 19.0 Å². The van der Waals surface area contributed by atoms with Crippen LogP contribution in [0.5, 0.6) is 0 Å². The molecule has 1 amide bonds. The zero-order valence-electron chi connectivity index (χ0n) is 11.6. The van der Waals surface area contributed by atoms with E-state index in [0.29, 0.717) is 23.4 Å². The van der Waals surface area contributed by atoms with Crippen LogP contribution in [0.25, 0.3) is 0 Å². The Morgan fingerprint density at radius 2 is 1.90 bits per heavy atom. The number of rotatable bonds is 5. The number of ether oxygens (including phenoxy) is 1. The van der Waals surface area contributed by atoms with Gasteiger partial charge >= 0.3 is 5.97 Å². The molecular formula is C16H16N2O3. The van der Waals surface area contributed by atoms with Crippen LogP contribution in [0.3, 0.4) is 0 Å². The van der Waals surface area contributed by atoms with E-state index < -0.39 is 5.91 Å².